The molecule has 29 heavy (non-hydrogen) atoms. The van der Waals surface area contributed by atoms with Gasteiger partial charge < -0.3 is 4.40 Å². The van der Waals surface area contributed by atoms with Crippen molar-refractivity contribution in [3.05, 3.63) is 71.2 Å². The maximum Gasteiger partial charge on any atom is 0.224 e. The zero-order valence-electron chi connectivity index (χ0n) is 16.6. The fourth-order valence-electron chi connectivity index (χ4n) is 5.33. The van der Waals surface area contributed by atoms with E-state index in [0.717, 1.165) is 0 Å². The number of hydrogen-bond acceptors (Lipinski definition) is 1. The van der Waals surface area contributed by atoms with Gasteiger partial charge in [0.1, 0.15) is 7.05 Å². The van der Waals surface area contributed by atoms with Gasteiger partial charge in [-0.25, -0.2) is 4.57 Å². The van der Waals surface area contributed by atoms with E-state index >= 15 is 0 Å². The molecule has 4 aromatic heterocycles. The van der Waals surface area contributed by atoms with Crippen LogP contribution in [0.2, 0.25) is 0 Å². The molecule has 0 unspecified atom stereocenters. The van der Waals surface area contributed by atoms with Crippen LogP contribution in [0.25, 0.3) is 59.1 Å². The highest BCUT2D eigenvalue weighted by molar-refractivity contribution is 7.18. The van der Waals surface area contributed by atoms with Gasteiger partial charge >= 0.3 is 0 Å². The van der Waals surface area contributed by atoms with Crippen LogP contribution < -0.4 is 4.57 Å². The van der Waals surface area contributed by atoms with Crippen molar-refractivity contribution in [3.8, 4) is 0 Å². The van der Waals surface area contributed by atoms with E-state index in [-0.39, 0.29) is 0 Å². The van der Waals surface area contributed by atoms with Gasteiger partial charge in [0, 0.05) is 16.8 Å². The number of para-hydroxylation sites is 1. The lowest BCUT2D eigenvalue weighted by Crippen LogP contribution is -2.29. The lowest BCUT2D eigenvalue weighted by molar-refractivity contribution is -0.643. The number of fused-ring (bicyclic) bond motifs is 7. The summed E-state index contributed by atoms with van der Waals surface area (Å²) in [6.07, 6.45) is 2.21. The Balaban J connectivity index is 2.06. The van der Waals surface area contributed by atoms with Crippen molar-refractivity contribution >= 4 is 70.4 Å². The average Bonchev–Trinajstić information content (AvgIpc) is 3.32. The number of benzene rings is 3. The zero-order chi connectivity index (χ0) is 19.4. The molecule has 0 spiro atoms. The summed E-state index contributed by atoms with van der Waals surface area (Å²) in [4.78, 5) is 0. The van der Waals surface area contributed by atoms with Gasteiger partial charge in [-0.3, -0.25) is 0 Å². The van der Waals surface area contributed by atoms with Crippen molar-refractivity contribution in [1.82, 2.24) is 4.40 Å². The number of aryl methyl sites for hydroxylation is 3. The molecule has 0 aliphatic carbocycles. The lowest BCUT2D eigenvalue weighted by Gasteiger charge is -2.14. The topological polar surface area (TPSA) is 8.29 Å². The Morgan fingerprint density at radius 1 is 0.862 bits per heavy atom. The summed E-state index contributed by atoms with van der Waals surface area (Å²) in [7, 11) is 2.18. The van der Waals surface area contributed by atoms with Crippen LogP contribution in [0.1, 0.15) is 11.1 Å². The minimum atomic E-state index is 1.30. The highest BCUT2D eigenvalue weighted by Crippen LogP contribution is 2.44. The number of rotatable bonds is 0. The highest BCUT2D eigenvalue weighted by Gasteiger charge is 2.25. The largest absolute Gasteiger partial charge is 0.306 e. The number of aromatic nitrogens is 2. The average molecular weight is 392 g/mol. The Hall–Kier alpha value is -3.17. The van der Waals surface area contributed by atoms with Crippen molar-refractivity contribution in [2.24, 2.45) is 7.05 Å². The first-order valence-corrected chi connectivity index (χ1v) is 10.9. The fraction of sp³-hybridized carbons (Fsp3) is 0.115. The smallest absolute Gasteiger partial charge is 0.224 e. The van der Waals surface area contributed by atoms with E-state index in [1.807, 2.05) is 11.3 Å². The molecule has 7 aromatic rings. The second-order valence-corrected chi connectivity index (χ2v) is 9.16. The van der Waals surface area contributed by atoms with Gasteiger partial charge in [0.25, 0.3) is 0 Å². The van der Waals surface area contributed by atoms with Crippen LogP contribution in [0.15, 0.2) is 60.1 Å². The minimum Gasteiger partial charge on any atom is -0.306 e. The van der Waals surface area contributed by atoms with Crippen LogP contribution in [0.3, 0.4) is 0 Å². The molecule has 138 valence electrons. The van der Waals surface area contributed by atoms with Crippen molar-refractivity contribution < 1.29 is 4.57 Å². The van der Waals surface area contributed by atoms with Crippen molar-refractivity contribution in [3.63, 3.8) is 0 Å². The summed E-state index contributed by atoms with van der Waals surface area (Å²) >= 11 is 1.85. The van der Waals surface area contributed by atoms with Crippen LogP contribution in [-0.2, 0) is 7.05 Å². The molecule has 0 aliphatic rings. The first kappa shape index (κ1) is 15.7. The van der Waals surface area contributed by atoms with Crippen molar-refractivity contribution in [1.29, 1.82) is 0 Å². The first-order valence-electron chi connectivity index (χ1n) is 10.0. The van der Waals surface area contributed by atoms with Gasteiger partial charge in [-0.1, -0.05) is 18.2 Å². The van der Waals surface area contributed by atoms with E-state index in [0.29, 0.717) is 0 Å². The monoisotopic (exact) mass is 391 g/mol. The van der Waals surface area contributed by atoms with E-state index in [2.05, 4.69) is 90.0 Å². The summed E-state index contributed by atoms with van der Waals surface area (Å²) in [6, 6.07) is 18.1. The molecule has 0 saturated carbocycles. The summed E-state index contributed by atoms with van der Waals surface area (Å²) in [5.74, 6) is 0. The molecule has 0 fully saturated rings. The normalized spacial score (nSPS) is 12.7. The molecule has 0 radical (unpaired) electrons. The van der Waals surface area contributed by atoms with Gasteiger partial charge in [0.2, 0.25) is 5.52 Å². The summed E-state index contributed by atoms with van der Waals surface area (Å²) < 4.78 is 6.23. The molecular weight excluding hydrogens is 372 g/mol. The Morgan fingerprint density at radius 2 is 1.72 bits per heavy atom. The number of pyridine rings is 2. The Kier molecular flexibility index (Phi) is 2.74. The van der Waals surface area contributed by atoms with Crippen LogP contribution in [0.5, 0.6) is 0 Å². The summed E-state index contributed by atoms with van der Waals surface area (Å²) in [5.41, 5.74) is 8.07. The third-order valence-corrected chi connectivity index (χ3v) is 7.69. The Labute approximate surface area is 171 Å². The third-order valence-electron chi connectivity index (χ3n) is 6.75. The standard InChI is InChI=1S/C26H19N2S/c1-14-12-19-18-6-4-5-7-20(18)28-23(19)21(15(14)2)24-22-16(8-10-27(24)3)13-17-9-11-29-26(17)25(22)28/h4-13H,1-3H3/q+1. The van der Waals surface area contributed by atoms with E-state index in [1.54, 1.807) is 0 Å². The fourth-order valence-corrected chi connectivity index (χ4v) is 6.25. The molecular formula is C26H19N2S+. The Morgan fingerprint density at radius 3 is 2.62 bits per heavy atom. The summed E-state index contributed by atoms with van der Waals surface area (Å²) in [5, 5.41) is 10.3. The van der Waals surface area contributed by atoms with E-state index < -0.39 is 0 Å². The molecule has 0 bridgehead atoms. The maximum absolute atomic E-state index is 2.54. The van der Waals surface area contributed by atoms with Gasteiger partial charge in [-0.05, 0) is 65.4 Å². The Bertz CT molecular complexity index is 1780. The van der Waals surface area contributed by atoms with Crippen LogP contribution in [0, 0.1) is 13.8 Å². The van der Waals surface area contributed by atoms with Gasteiger partial charge in [0.05, 0.1) is 32.0 Å². The molecule has 0 N–H and O–H groups in total. The van der Waals surface area contributed by atoms with Gasteiger partial charge in [-0.2, -0.15) is 0 Å². The zero-order valence-corrected chi connectivity index (χ0v) is 17.4. The number of hydrogen-bond donors (Lipinski definition) is 0. The van der Waals surface area contributed by atoms with Crippen LogP contribution in [-0.4, -0.2) is 4.40 Å². The molecule has 0 atom stereocenters. The molecule has 7 rings (SSSR count). The predicted octanol–water partition coefficient (Wildman–Crippen LogP) is 6.65. The maximum atomic E-state index is 2.54. The predicted molar refractivity (Wildman–Crippen MR) is 125 cm³/mol. The quantitative estimate of drug-likeness (QED) is 0.155. The number of nitrogens with zero attached hydrogens (tertiary/aromatic N) is 2. The van der Waals surface area contributed by atoms with Gasteiger partial charge in [-0.15, -0.1) is 11.3 Å². The SMILES string of the molecule is Cc1cc2c3ccccc3n3c2c(c1C)c1c2c(cc[n+]1C)cc1ccsc1c23. The van der Waals surface area contributed by atoms with E-state index in [1.165, 1.54) is 70.2 Å². The lowest BCUT2D eigenvalue weighted by atomic mass is 9.96. The van der Waals surface area contributed by atoms with E-state index in [4.69, 9.17) is 0 Å². The van der Waals surface area contributed by atoms with Crippen molar-refractivity contribution in [2.45, 2.75) is 13.8 Å². The molecule has 0 amide bonds. The van der Waals surface area contributed by atoms with Crippen LogP contribution in [0.4, 0.5) is 0 Å². The van der Waals surface area contributed by atoms with Gasteiger partial charge in [0.15, 0.2) is 6.20 Å². The molecule has 0 aliphatic heterocycles. The molecule has 3 aromatic carbocycles. The third kappa shape index (κ3) is 1.72. The molecule has 3 heteroatoms. The highest BCUT2D eigenvalue weighted by atomic mass is 32.1. The van der Waals surface area contributed by atoms with E-state index in [9.17, 15) is 0 Å². The van der Waals surface area contributed by atoms with Crippen LogP contribution >= 0.6 is 11.3 Å². The molecule has 2 nitrogen and oxygen atoms in total. The minimum absolute atomic E-state index is 1.30. The van der Waals surface area contributed by atoms with Crippen molar-refractivity contribution in [2.75, 3.05) is 0 Å². The second-order valence-electron chi connectivity index (χ2n) is 8.25. The molecule has 4 heterocycles. The second kappa shape index (κ2) is 5.05. The first-order chi connectivity index (χ1) is 14.1. The summed E-state index contributed by atoms with van der Waals surface area (Å²) in [6.45, 7) is 4.52. The molecule has 0 saturated heterocycles. The number of thiophene rings is 1.